The number of rotatable bonds is 6. The van der Waals surface area contributed by atoms with E-state index in [0.717, 1.165) is 12.1 Å². The van der Waals surface area contributed by atoms with Gasteiger partial charge in [0.1, 0.15) is 10.7 Å². The third-order valence-corrected chi connectivity index (χ3v) is 4.21. The largest absolute Gasteiger partial charge is 0.398 e. The molecule has 0 unspecified atom stereocenters. The van der Waals surface area contributed by atoms with Crippen LogP contribution in [-0.4, -0.2) is 44.0 Å². The van der Waals surface area contributed by atoms with Crippen LogP contribution in [0.25, 0.3) is 0 Å². The van der Waals surface area contributed by atoms with Crippen LogP contribution in [0.15, 0.2) is 23.1 Å². The zero-order valence-electron chi connectivity index (χ0n) is 9.76. The molecular formula is C10H13F3N2O3S. The highest BCUT2D eigenvalue weighted by molar-refractivity contribution is 7.89. The highest BCUT2D eigenvalue weighted by Crippen LogP contribution is 2.23. The molecule has 0 aromatic heterocycles. The number of aliphatic hydroxyl groups excluding tert-OH is 1. The molecule has 5 nitrogen and oxygen atoms in total. The average molecular weight is 298 g/mol. The van der Waals surface area contributed by atoms with Gasteiger partial charge in [-0.05, 0) is 18.2 Å². The zero-order chi connectivity index (χ0) is 14.6. The first-order valence-electron chi connectivity index (χ1n) is 5.23. The van der Waals surface area contributed by atoms with Crippen LogP contribution in [-0.2, 0) is 10.0 Å². The van der Waals surface area contributed by atoms with Crippen molar-refractivity contribution in [1.82, 2.24) is 4.31 Å². The predicted molar refractivity (Wildman–Crippen MR) is 62.7 cm³/mol. The highest BCUT2D eigenvalue weighted by Gasteiger charge is 2.28. The zero-order valence-corrected chi connectivity index (χ0v) is 10.6. The minimum Gasteiger partial charge on any atom is -0.398 e. The average Bonchev–Trinajstić information content (AvgIpc) is 2.31. The molecule has 0 radical (unpaired) electrons. The molecule has 19 heavy (non-hydrogen) atoms. The number of nitrogens with zero attached hydrogens (tertiary/aromatic N) is 1. The third kappa shape index (κ3) is 3.82. The van der Waals surface area contributed by atoms with Gasteiger partial charge in [-0.15, -0.1) is 0 Å². The molecule has 0 fully saturated rings. The van der Waals surface area contributed by atoms with Gasteiger partial charge < -0.3 is 10.8 Å². The molecule has 0 aliphatic rings. The van der Waals surface area contributed by atoms with Crippen LogP contribution in [0.2, 0.25) is 0 Å². The summed E-state index contributed by atoms with van der Waals surface area (Å²) in [5.74, 6) is -0.853. The van der Waals surface area contributed by atoms with Crippen molar-refractivity contribution in [1.29, 1.82) is 0 Å². The molecule has 0 atom stereocenters. The smallest absolute Gasteiger partial charge is 0.252 e. The Morgan fingerprint density at radius 1 is 1.37 bits per heavy atom. The molecule has 1 rings (SSSR count). The van der Waals surface area contributed by atoms with E-state index in [-0.39, 0.29) is 5.69 Å². The summed E-state index contributed by atoms with van der Waals surface area (Å²) in [7, 11) is -4.38. The summed E-state index contributed by atoms with van der Waals surface area (Å²) in [6.45, 7) is -2.26. The molecule has 0 aliphatic heterocycles. The van der Waals surface area contributed by atoms with Crippen molar-refractivity contribution in [3.8, 4) is 0 Å². The SMILES string of the molecule is Nc1ccc(F)cc1S(=O)(=O)N(CCO)CC(F)F. The van der Waals surface area contributed by atoms with E-state index in [2.05, 4.69) is 0 Å². The van der Waals surface area contributed by atoms with E-state index in [1.165, 1.54) is 0 Å². The number of aliphatic hydroxyl groups is 1. The number of sulfonamides is 1. The van der Waals surface area contributed by atoms with Crippen LogP contribution >= 0.6 is 0 Å². The molecule has 1 aromatic rings. The van der Waals surface area contributed by atoms with E-state index in [9.17, 15) is 21.6 Å². The topological polar surface area (TPSA) is 83.6 Å². The number of halogens is 3. The molecule has 9 heteroatoms. The Bertz CT molecular complexity index is 537. The molecule has 0 aliphatic carbocycles. The maximum Gasteiger partial charge on any atom is 0.252 e. The van der Waals surface area contributed by atoms with Crippen LogP contribution in [0.4, 0.5) is 18.9 Å². The molecule has 0 saturated carbocycles. The number of hydrogen-bond donors (Lipinski definition) is 2. The Labute approximate surface area is 108 Å². The van der Waals surface area contributed by atoms with E-state index in [1.807, 2.05) is 0 Å². The second kappa shape index (κ2) is 6.22. The summed E-state index contributed by atoms with van der Waals surface area (Å²) in [6, 6.07) is 2.64. The molecule has 108 valence electrons. The Kier molecular flexibility index (Phi) is 5.15. The first kappa shape index (κ1) is 15.7. The van der Waals surface area contributed by atoms with E-state index in [0.29, 0.717) is 10.4 Å². The molecule has 0 saturated heterocycles. The van der Waals surface area contributed by atoms with Gasteiger partial charge in [0.25, 0.3) is 6.43 Å². The summed E-state index contributed by atoms with van der Waals surface area (Å²) in [5, 5.41) is 8.73. The van der Waals surface area contributed by atoms with Crippen molar-refractivity contribution >= 4 is 15.7 Å². The van der Waals surface area contributed by atoms with Gasteiger partial charge in [-0.1, -0.05) is 0 Å². The Hall–Kier alpha value is -1.32. The van der Waals surface area contributed by atoms with Gasteiger partial charge >= 0.3 is 0 Å². The van der Waals surface area contributed by atoms with E-state index < -0.39 is 46.9 Å². The quantitative estimate of drug-likeness (QED) is 0.756. The molecule has 0 heterocycles. The van der Waals surface area contributed by atoms with Crippen molar-refractivity contribution < 1.29 is 26.7 Å². The van der Waals surface area contributed by atoms with Crippen molar-refractivity contribution in [2.45, 2.75) is 11.3 Å². The van der Waals surface area contributed by atoms with E-state index in [4.69, 9.17) is 10.8 Å². The Morgan fingerprint density at radius 3 is 2.53 bits per heavy atom. The number of alkyl halides is 2. The number of hydrogen-bond acceptors (Lipinski definition) is 4. The van der Waals surface area contributed by atoms with Crippen molar-refractivity contribution in [3.63, 3.8) is 0 Å². The molecule has 0 bridgehead atoms. The lowest BCUT2D eigenvalue weighted by Crippen LogP contribution is -2.37. The van der Waals surface area contributed by atoms with E-state index in [1.54, 1.807) is 0 Å². The van der Waals surface area contributed by atoms with Crippen LogP contribution in [0.5, 0.6) is 0 Å². The minimum atomic E-state index is -4.38. The Balaban J connectivity index is 3.22. The standard InChI is InChI=1S/C10H13F3N2O3S/c11-7-1-2-8(14)9(5-7)19(17,18)15(3-4-16)6-10(12)13/h1-2,5,10,16H,3-4,6,14H2. The maximum atomic E-state index is 13.1. The van der Waals surface area contributed by atoms with Crippen LogP contribution in [0.1, 0.15) is 0 Å². The number of anilines is 1. The summed E-state index contributed by atoms with van der Waals surface area (Å²) >= 11 is 0. The minimum absolute atomic E-state index is 0.251. The van der Waals surface area contributed by atoms with Crippen molar-refractivity contribution in [2.75, 3.05) is 25.4 Å². The fourth-order valence-corrected chi connectivity index (χ4v) is 2.98. The molecule has 1 aromatic carbocycles. The summed E-state index contributed by atoms with van der Waals surface area (Å²) < 4.78 is 62.2. The predicted octanol–water partition coefficient (Wildman–Crippen LogP) is 0.656. The monoisotopic (exact) mass is 298 g/mol. The lowest BCUT2D eigenvalue weighted by Gasteiger charge is -2.21. The Morgan fingerprint density at radius 2 is 2.00 bits per heavy atom. The molecule has 0 spiro atoms. The fourth-order valence-electron chi connectivity index (χ4n) is 1.45. The maximum absolute atomic E-state index is 13.1. The van der Waals surface area contributed by atoms with Gasteiger partial charge in [-0.3, -0.25) is 0 Å². The number of benzene rings is 1. The van der Waals surface area contributed by atoms with E-state index >= 15 is 0 Å². The second-order valence-corrected chi connectivity index (χ2v) is 5.57. The number of nitrogens with two attached hydrogens (primary N) is 1. The van der Waals surface area contributed by atoms with Crippen molar-refractivity contribution in [2.24, 2.45) is 0 Å². The van der Waals surface area contributed by atoms with Gasteiger partial charge in [0.05, 0.1) is 18.8 Å². The van der Waals surface area contributed by atoms with Gasteiger partial charge in [-0.2, -0.15) is 4.31 Å². The molecule has 0 amide bonds. The first-order chi connectivity index (χ1) is 8.78. The number of nitrogen functional groups attached to an aromatic ring is 1. The van der Waals surface area contributed by atoms with Gasteiger partial charge in [0, 0.05) is 6.54 Å². The van der Waals surface area contributed by atoms with Gasteiger partial charge in [0.2, 0.25) is 10.0 Å². The van der Waals surface area contributed by atoms with Gasteiger partial charge in [0.15, 0.2) is 0 Å². The van der Waals surface area contributed by atoms with Gasteiger partial charge in [-0.25, -0.2) is 21.6 Å². The summed E-state index contributed by atoms with van der Waals surface area (Å²) in [6.07, 6.45) is -2.92. The first-order valence-corrected chi connectivity index (χ1v) is 6.67. The normalized spacial score (nSPS) is 12.3. The summed E-state index contributed by atoms with van der Waals surface area (Å²) in [5.41, 5.74) is 5.17. The van der Waals surface area contributed by atoms with Crippen LogP contribution < -0.4 is 5.73 Å². The highest BCUT2D eigenvalue weighted by atomic mass is 32.2. The van der Waals surface area contributed by atoms with Crippen molar-refractivity contribution in [3.05, 3.63) is 24.0 Å². The lowest BCUT2D eigenvalue weighted by molar-refractivity contribution is 0.113. The summed E-state index contributed by atoms with van der Waals surface area (Å²) in [4.78, 5) is -0.596. The fraction of sp³-hybridized carbons (Fsp3) is 0.400. The lowest BCUT2D eigenvalue weighted by atomic mass is 10.3. The molecule has 3 N–H and O–H groups in total. The second-order valence-electron chi connectivity index (χ2n) is 3.66. The third-order valence-electron chi connectivity index (χ3n) is 2.28. The molecular weight excluding hydrogens is 285 g/mol. The van der Waals surface area contributed by atoms with Crippen LogP contribution in [0, 0.1) is 5.82 Å². The van der Waals surface area contributed by atoms with Crippen LogP contribution in [0.3, 0.4) is 0 Å².